The monoisotopic (exact) mass is 420 g/mol. The van der Waals surface area contributed by atoms with Crippen molar-refractivity contribution in [3.05, 3.63) is 114 Å². The number of allylic oxidation sites excluding steroid dienone is 2. The molecule has 3 heteroatoms. The second kappa shape index (κ2) is 8.88. The Morgan fingerprint density at radius 3 is 2.66 bits per heavy atom. The number of hydrogen-bond donors (Lipinski definition) is 1. The van der Waals surface area contributed by atoms with Gasteiger partial charge in [0.2, 0.25) is 0 Å². The van der Waals surface area contributed by atoms with Crippen LogP contribution in [0.4, 0.5) is 11.4 Å². The Balaban J connectivity index is 1.31. The molecule has 32 heavy (non-hydrogen) atoms. The molecule has 0 saturated carbocycles. The third-order valence-electron chi connectivity index (χ3n) is 6.38. The Bertz CT molecular complexity index is 1160. The molecule has 3 aromatic rings. The van der Waals surface area contributed by atoms with Crippen LogP contribution >= 0.6 is 0 Å². The van der Waals surface area contributed by atoms with Crippen LogP contribution in [0, 0.1) is 12.8 Å². The van der Waals surface area contributed by atoms with Gasteiger partial charge in [-0.2, -0.15) is 0 Å². The van der Waals surface area contributed by atoms with Crippen LogP contribution in [-0.4, -0.2) is 12.8 Å². The number of anilines is 1. The molecule has 0 spiro atoms. The Morgan fingerprint density at radius 2 is 1.88 bits per heavy atom. The first-order valence-corrected chi connectivity index (χ1v) is 11.2. The fraction of sp³-hybridized carbons (Fsp3) is 0.207. The van der Waals surface area contributed by atoms with Gasteiger partial charge in [0, 0.05) is 17.8 Å². The van der Waals surface area contributed by atoms with Crippen molar-refractivity contribution in [1.29, 1.82) is 0 Å². The highest BCUT2D eigenvalue weighted by atomic mass is 16.5. The molecule has 0 saturated heterocycles. The number of hydrogen-bond acceptors (Lipinski definition) is 3. The lowest BCUT2D eigenvalue weighted by Gasteiger charge is -2.37. The highest BCUT2D eigenvalue weighted by Gasteiger charge is 2.37. The zero-order valence-corrected chi connectivity index (χ0v) is 18.4. The number of fused-ring (bicyclic) bond motifs is 3. The van der Waals surface area contributed by atoms with Crippen LogP contribution in [0.5, 0.6) is 5.75 Å². The number of rotatable bonds is 6. The van der Waals surface area contributed by atoms with E-state index in [1.807, 2.05) is 30.5 Å². The molecule has 0 radical (unpaired) electrons. The van der Waals surface area contributed by atoms with Gasteiger partial charge in [0.05, 0.1) is 11.7 Å². The van der Waals surface area contributed by atoms with E-state index in [0.717, 1.165) is 23.4 Å². The van der Waals surface area contributed by atoms with Crippen LogP contribution in [-0.2, 0) is 0 Å². The first-order chi connectivity index (χ1) is 15.7. The smallest absolute Gasteiger partial charge is 0.119 e. The summed E-state index contributed by atoms with van der Waals surface area (Å²) in [5.41, 5.74) is 7.33. The third-order valence-corrected chi connectivity index (χ3v) is 6.38. The number of aliphatic imine (C=N–C) groups is 1. The van der Waals surface area contributed by atoms with E-state index >= 15 is 0 Å². The van der Waals surface area contributed by atoms with Crippen molar-refractivity contribution in [3.8, 4) is 5.75 Å². The first kappa shape index (κ1) is 20.3. The summed E-state index contributed by atoms with van der Waals surface area (Å²) < 4.78 is 5.53. The lowest BCUT2D eigenvalue weighted by Crippen LogP contribution is -2.29. The highest BCUT2D eigenvalue weighted by molar-refractivity contribution is 5.82. The van der Waals surface area contributed by atoms with Gasteiger partial charge < -0.3 is 10.1 Å². The van der Waals surface area contributed by atoms with Crippen molar-refractivity contribution < 1.29 is 4.74 Å². The summed E-state index contributed by atoms with van der Waals surface area (Å²) in [5.74, 6) is 1.88. The summed E-state index contributed by atoms with van der Waals surface area (Å²) in [5, 5.41) is 3.81. The lowest BCUT2D eigenvalue weighted by atomic mass is 9.76. The summed E-state index contributed by atoms with van der Waals surface area (Å²) in [7, 11) is 0. The van der Waals surface area contributed by atoms with Crippen molar-refractivity contribution in [2.75, 3.05) is 11.9 Å². The van der Waals surface area contributed by atoms with Crippen LogP contribution in [0.1, 0.15) is 40.6 Å². The van der Waals surface area contributed by atoms with E-state index in [1.165, 1.54) is 22.4 Å². The molecule has 3 atom stereocenters. The number of benzene rings is 3. The van der Waals surface area contributed by atoms with E-state index in [4.69, 9.17) is 4.74 Å². The molecule has 1 aliphatic carbocycles. The standard InChI is InChI=1S/C29H28N2O/c1-3-17-32-24-14-8-21(9-15-24)19-30-23-12-10-22(11-13-23)29-26-6-4-5-25(26)27-18-20(2)7-16-28(27)31-29/h3-5,7-16,18-19,25-26,29,31H,1,6,17H2,2H3/t25-,26+,29-/m0/s1. The number of aryl methyl sites for hydroxylation is 1. The van der Waals surface area contributed by atoms with Gasteiger partial charge >= 0.3 is 0 Å². The molecular formula is C29H28N2O. The van der Waals surface area contributed by atoms with Crippen LogP contribution in [0.3, 0.4) is 0 Å². The minimum atomic E-state index is 0.311. The van der Waals surface area contributed by atoms with Gasteiger partial charge in [-0.1, -0.05) is 54.6 Å². The van der Waals surface area contributed by atoms with Gasteiger partial charge in [0.15, 0.2) is 0 Å². The van der Waals surface area contributed by atoms with Gasteiger partial charge in [-0.25, -0.2) is 0 Å². The molecule has 0 amide bonds. The SMILES string of the molecule is C=CCOc1ccc(C=Nc2ccc([C@@H]3Nc4ccc(C)cc4[C@H]4C=CC[C@H]43)cc2)cc1. The Hall–Kier alpha value is -3.59. The second-order valence-corrected chi connectivity index (χ2v) is 8.58. The minimum absolute atomic E-state index is 0.311. The first-order valence-electron chi connectivity index (χ1n) is 11.2. The number of nitrogens with one attached hydrogen (secondary N) is 1. The van der Waals surface area contributed by atoms with E-state index in [2.05, 4.69) is 78.4 Å². The predicted molar refractivity (Wildman–Crippen MR) is 133 cm³/mol. The maximum atomic E-state index is 5.53. The van der Waals surface area contributed by atoms with Gasteiger partial charge in [-0.05, 0) is 78.4 Å². The lowest BCUT2D eigenvalue weighted by molar-refractivity contribution is 0.363. The molecule has 1 aliphatic heterocycles. The maximum Gasteiger partial charge on any atom is 0.119 e. The predicted octanol–water partition coefficient (Wildman–Crippen LogP) is 7.14. The van der Waals surface area contributed by atoms with Crippen LogP contribution < -0.4 is 10.1 Å². The minimum Gasteiger partial charge on any atom is -0.490 e. The van der Waals surface area contributed by atoms with E-state index in [-0.39, 0.29) is 0 Å². The van der Waals surface area contributed by atoms with Gasteiger partial charge in [0.1, 0.15) is 12.4 Å². The van der Waals surface area contributed by atoms with Gasteiger partial charge in [-0.15, -0.1) is 0 Å². The number of ether oxygens (including phenoxy) is 1. The zero-order valence-electron chi connectivity index (χ0n) is 18.4. The molecule has 1 heterocycles. The fourth-order valence-corrected chi connectivity index (χ4v) is 4.77. The Kier molecular flexibility index (Phi) is 5.64. The molecule has 0 aromatic heterocycles. The molecule has 0 bridgehead atoms. The van der Waals surface area contributed by atoms with Crippen molar-refractivity contribution in [3.63, 3.8) is 0 Å². The van der Waals surface area contributed by atoms with Crippen LogP contribution in [0.25, 0.3) is 0 Å². The third kappa shape index (κ3) is 4.11. The van der Waals surface area contributed by atoms with Crippen molar-refractivity contribution >= 4 is 17.6 Å². The topological polar surface area (TPSA) is 33.6 Å². The quantitative estimate of drug-likeness (QED) is 0.340. The molecule has 0 fully saturated rings. The van der Waals surface area contributed by atoms with Gasteiger partial charge in [-0.3, -0.25) is 4.99 Å². The van der Waals surface area contributed by atoms with Gasteiger partial charge in [0.25, 0.3) is 0 Å². The maximum absolute atomic E-state index is 5.53. The molecule has 1 N–H and O–H groups in total. The Labute approximate surface area is 190 Å². The zero-order chi connectivity index (χ0) is 21.9. The van der Waals surface area contributed by atoms with E-state index in [1.54, 1.807) is 6.08 Å². The summed E-state index contributed by atoms with van der Waals surface area (Å²) >= 11 is 0. The second-order valence-electron chi connectivity index (χ2n) is 8.58. The molecule has 0 unspecified atom stereocenters. The van der Waals surface area contributed by atoms with Crippen molar-refractivity contribution in [1.82, 2.24) is 0 Å². The molecule has 3 nitrogen and oxygen atoms in total. The fourth-order valence-electron chi connectivity index (χ4n) is 4.77. The molecule has 160 valence electrons. The van der Waals surface area contributed by atoms with E-state index in [9.17, 15) is 0 Å². The van der Waals surface area contributed by atoms with Crippen LogP contribution in [0.2, 0.25) is 0 Å². The average molecular weight is 421 g/mol. The summed E-state index contributed by atoms with van der Waals surface area (Å²) in [4.78, 5) is 4.65. The molecule has 3 aromatic carbocycles. The number of nitrogens with zero attached hydrogens (tertiary/aromatic N) is 1. The van der Waals surface area contributed by atoms with Crippen molar-refractivity contribution in [2.45, 2.75) is 25.3 Å². The Morgan fingerprint density at radius 1 is 1.06 bits per heavy atom. The van der Waals surface area contributed by atoms with E-state index < -0.39 is 0 Å². The highest BCUT2D eigenvalue weighted by Crippen LogP contribution is 2.50. The van der Waals surface area contributed by atoms with E-state index in [0.29, 0.717) is 24.5 Å². The summed E-state index contributed by atoms with van der Waals surface area (Å²) in [6.45, 7) is 6.35. The summed E-state index contributed by atoms with van der Waals surface area (Å²) in [6.07, 6.45) is 9.48. The van der Waals surface area contributed by atoms with Crippen molar-refractivity contribution in [2.24, 2.45) is 10.9 Å². The van der Waals surface area contributed by atoms with Crippen LogP contribution in [0.15, 0.2) is 96.5 Å². The normalized spacial score (nSPS) is 21.1. The molecular weight excluding hydrogens is 392 g/mol. The summed E-state index contributed by atoms with van der Waals surface area (Å²) in [6, 6.07) is 23.6. The molecule has 5 rings (SSSR count). The largest absolute Gasteiger partial charge is 0.490 e. The molecule has 2 aliphatic rings. The average Bonchev–Trinajstić information content (AvgIpc) is 3.32.